The number of hydrogen-bond donors (Lipinski definition) is 3. The topological polar surface area (TPSA) is 86.9 Å². The van der Waals surface area contributed by atoms with Crippen LogP contribution in [0.3, 0.4) is 0 Å². The highest BCUT2D eigenvalue weighted by Gasteiger charge is 2.14. The fourth-order valence-corrected chi connectivity index (χ4v) is 2.56. The number of nitrogens with zero attached hydrogens (tertiary/aromatic N) is 1. The molecular formula is C19H14ClFN4O2. The molecule has 6 nitrogen and oxygen atoms in total. The van der Waals surface area contributed by atoms with Gasteiger partial charge in [-0.25, -0.2) is 4.39 Å². The van der Waals surface area contributed by atoms with E-state index in [-0.39, 0.29) is 11.4 Å². The van der Waals surface area contributed by atoms with E-state index >= 15 is 0 Å². The van der Waals surface area contributed by atoms with Crippen LogP contribution >= 0.6 is 11.6 Å². The molecule has 0 bridgehead atoms. The molecule has 0 fully saturated rings. The van der Waals surface area contributed by atoms with Gasteiger partial charge in [0.1, 0.15) is 11.5 Å². The molecule has 1 aromatic heterocycles. The Bertz CT molecular complexity index is 1030. The van der Waals surface area contributed by atoms with Crippen molar-refractivity contribution in [2.24, 2.45) is 0 Å². The number of amides is 2. The lowest BCUT2D eigenvalue weighted by Crippen LogP contribution is -2.14. The van der Waals surface area contributed by atoms with Crippen LogP contribution in [0.25, 0.3) is 11.3 Å². The van der Waals surface area contributed by atoms with Crippen molar-refractivity contribution in [2.45, 2.75) is 0 Å². The molecule has 0 radical (unpaired) electrons. The molecule has 0 atom stereocenters. The summed E-state index contributed by atoms with van der Waals surface area (Å²) in [4.78, 5) is 23.8. The Hall–Kier alpha value is -3.45. The van der Waals surface area contributed by atoms with Gasteiger partial charge in [-0.15, -0.1) is 0 Å². The third-order valence-electron chi connectivity index (χ3n) is 3.64. The fourth-order valence-electron chi connectivity index (χ4n) is 2.33. The zero-order valence-corrected chi connectivity index (χ0v) is 14.7. The first-order chi connectivity index (χ1) is 13.0. The molecule has 0 saturated carbocycles. The first-order valence-corrected chi connectivity index (χ1v) is 8.20. The number of aromatic amines is 1. The number of carbonyl (C=O) groups is 2. The second-order valence-electron chi connectivity index (χ2n) is 5.49. The molecular weight excluding hydrogens is 371 g/mol. The molecule has 2 amide bonds. The minimum absolute atomic E-state index is 0.0703. The molecule has 0 unspecified atom stereocenters. The number of rotatable bonds is 5. The molecule has 0 aliphatic carbocycles. The average Bonchev–Trinajstić information content (AvgIpc) is 3.14. The van der Waals surface area contributed by atoms with Gasteiger partial charge in [-0.3, -0.25) is 14.7 Å². The van der Waals surface area contributed by atoms with E-state index in [0.29, 0.717) is 22.0 Å². The SMILES string of the molecule is C=CC(=O)Nc1cc(NC(=O)c2cc(-c3ccccc3Cl)n[nH]2)ccc1F. The van der Waals surface area contributed by atoms with Crippen molar-refractivity contribution in [3.05, 3.63) is 77.7 Å². The smallest absolute Gasteiger partial charge is 0.273 e. The van der Waals surface area contributed by atoms with Gasteiger partial charge < -0.3 is 10.6 Å². The first kappa shape index (κ1) is 18.3. The summed E-state index contributed by atoms with van der Waals surface area (Å²) in [7, 11) is 0. The van der Waals surface area contributed by atoms with E-state index in [1.807, 2.05) is 6.07 Å². The van der Waals surface area contributed by atoms with Crippen LogP contribution in [0, 0.1) is 5.82 Å². The van der Waals surface area contributed by atoms with Gasteiger partial charge in [0.25, 0.3) is 5.91 Å². The molecule has 136 valence electrons. The van der Waals surface area contributed by atoms with E-state index in [9.17, 15) is 14.0 Å². The molecule has 0 saturated heterocycles. The zero-order chi connectivity index (χ0) is 19.4. The molecule has 3 aromatic rings. The molecule has 2 aromatic carbocycles. The number of aromatic nitrogens is 2. The lowest BCUT2D eigenvalue weighted by atomic mass is 10.1. The Labute approximate surface area is 159 Å². The second-order valence-corrected chi connectivity index (χ2v) is 5.90. The van der Waals surface area contributed by atoms with Crippen LogP contribution in [0.1, 0.15) is 10.5 Å². The molecule has 3 rings (SSSR count). The van der Waals surface area contributed by atoms with Crippen LogP contribution in [-0.2, 0) is 4.79 Å². The van der Waals surface area contributed by atoms with Crippen molar-refractivity contribution in [1.29, 1.82) is 0 Å². The van der Waals surface area contributed by atoms with Crippen LogP contribution in [0.4, 0.5) is 15.8 Å². The largest absolute Gasteiger partial charge is 0.321 e. The predicted molar refractivity (Wildman–Crippen MR) is 102 cm³/mol. The first-order valence-electron chi connectivity index (χ1n) is 7.82. The lowest BCUT2D eigenvalue weighted by molar-refractivity contribution is -0.111. The lowest BCUT2D eigenvalue weighted by Gasteiger charge is -2.08. The van der Waals surface area contributed by atoms with Crippen molar-refractivity contribution in [3.63, 3.8) is 0 Å². The van der Waals surface area contributed by atoms with Gasteiger partial charge >= 0.3 is 0 Å². The van der Waals surface area contributed by atoms with Crippen molar-refractivity contribution in [1.82, 2.24) is 10.2 Å². The number of benzene rings is 2. The van der Waals surface area contributed by atoms with Gasteiger partial charge in [-0.2, -0.15) is 5.10 Å². The summed E-state index contributed by atoms with van der Waals surface area (Å²) in [6.45, 7) is 3.31. The van der Waals surface area contributed by atoms with Crippen LogP contribution in [0.15, 0.2) is 61.2 Å². The maximum absolute atomic E-state index is 13.8. The predicted octanol–water partition coefficient (Wildman–Crippen LogP) is 4.25. The normalized spacial score (nSPS) is 10.3. The summed E-state index contributed by atoms with van der Waals surface area (Å²) in [6, 6.07) is 12.5. The number of H-pyrrole nitrogens is 1. The van der Waals surface area contributed by atoms with Crippen LogP contribution in [0.2, 0.25) is 5.02 Å². The Morgan fingerprint density at radius 3 is 2.67 bits per heavy atom. The number of nitrogens with one attached hydrogen (secondary N) is 3. The van der Waals surface area contributed by atoms with Crippen molar-refractivity contribution < 1.29 is 14.0 Å². The number of halogens is 2. The number of hydrogen-bond acceptors (Lipinski definition) is 3. The van der Waals surface area contributed by atoms with E-state index in [2.05, 4.69) is 27.4 Å². The molecule has 0 spiro atoms. The van der Waals surface area contributed by atoms with Crippen molar-refractivity contribution in [3.8, 4) is 11.3 Å². The summed E-state index contributed by atoms with van der Waals surface area (Å²) in [5, 5.41) is 12.2. The average molecular weight is 385 g/mol. The Morgan fingerprint density at radius 2 is 1.93 bits per heavy atom. The van der Waals surface area contributed by atoms with Crippen LogP contribution < -0.4 is 10.6 Å². The molecule has 8 heteroatoms. The van der Waals surface area contributed by atoms with E-state index in [4.69, 9.17) is 11.6 Å². The van der Waals surface area contributed by atoms with E-state index < -0.39 is 17.6 Å². The summed E-state index contributed by atoms with van der Waals surface area (Å²) >= 11 is 6.13. The molecule has 0 aliphatic heterocycles. The monoisotopic (exact) mass is 384 g/mol. The maximum Gasteiger partial charge on any atom is 0.273 e. The minimum atomic E-state index is -0.634. The van der Waals surface area contributed by atoms with E-state index in [0.717, 1.165) is 12.1 Å². The van der Waals surface area contributed by atoms with Gasteiger partial charge in [0, 0.05) is 11.3 Å². The van der Waals surface area contributed by atoms with Gasteiger partial charge in [-0.1, -0.05) is 36.4 Å². The number of carbonyl (C=O) groups excluding carboxylic acids is 2. The highest BCUT2D eigenvalue weighted by Crippen LogP contribution is 2.26. The fraction of sp³-hybridized carbons (Fsp3) is 0. The Balaban J connectivity index is 1.78. The third-order valence-corrected chi connectivity index (χ3v) is 3.97. The minimum Gasteiger partial charge on any atom is -0.321 e. The van der Waals surface area contributed by atoms with Gasteiger partial charge in [0.2, 0.25) is 5.91 Å². The third kappa shape index (κ3) is 4.21. The molecule has 3 N–H and O–H groups in total. The number of anilines is 2. The van der Waals surface area contributed by atoms with Gasteiger partial charge in [0.05, 0.1) is 16.4 Å². The molecule has 0 aliphatic rings. The summed E-state index contributed by atoms with van der Waals surface area (Å²) in [5.41, 5.74) is 1.63. The van der Waals surface area contributed by atoms with Gasteiger partial charge in [0.15, 0.2) is 0 Å². The highest BCUT2D eigenvalue weighted by molar-refractivity contribution is 6.33. The summed E-state index contributed by atoms with van der Waals surface area (Å²) in [6.07, 6.45) is 1.02. The van der Waals surface area contributed by atoms with Crippen LogP contribution in [0.5, 0.6) is 0 Å². The molecule has 27 heavy (non-hydrogen) atoms. The second kappa shape index (κ2) is 7.84. The van der Waals surface area contributed by atoms with Crippen molar-refractivity contribution in [2.75, 3.05) is 10.6 Å². The van der Waals surface area contributed by atoms with Crippen LogP contribution in [-0.4, -0.2) is 22.0 Å². The summed E-state index contributed by atoms with van der Waals surface area (Å²) in [5.74, 6) is -1.67. The quantitative estimate of drug-likeness (QED) is 0.575. The molecule has 1 heterocycles. The summed E-state index contributed by atoms with van der Waals surface area (Å²) < 4.78 is 13.8. The maximum atomic E-state index is 13.8. The van der Waals surface area contributed by atoms with E-state index in [1.165, 1.54) is 12.1 Å². The van der Waals surface area contributed by atoms with Gasteiger partial charge in [-0.05, 0) is 36.4 Å². The highest BCUT2D eigenvalue weighted by atomic mass is 35.5. The van der Waals surface area contributed by atoms with E-state index in [1.54, 1.807) is 24.3 Å². The standard InChI is InChI=1S/C19H14ClFN4O2/c1-2-18(26)23-16-9-11(7-8-14(16)21)22-19(27)17-10-15(24-25-17)12-5-3-4-6-13(12)20/h2-10H,1H2,(H,22,27)(H,23,26)(H,24,25). The Kier molecular flexibility index (Phi) is 5.33. The van der Waals surface area contributed by atoms with Crippen molar-refractivity contribution >= 4 is 34.8 Å². The zero-order valence-electron chi connectivity index (χ0n) is 13.9. The Morgan fingerprint density at radius 1 is 1.15 bits per heavy atom.